The number of amides is 1. The molecule has 2 heterocycles. The number of pyridine rings is 2. The van der Waals surface area contributed by atoms with Crippen molar-refractivity contribution >= 4 is 5.91 Å². The van der Waals surface area contributed by atoms with E-state index in [-0.39, 0.29) is 11.1 Å². The van der Waals surface area contributed by atoms with Gasteiger partial charge in [-0.2, -0.15) is 13.2 Å². The van der Waals surface area contributed by atoms with E-state index >= 15 is 0 Å². The number of aromatic nitrogens is 2. The molecule has 8 heteroatoms. The monoisotopic (exact) mass is 365 g/mol. The zero-order valence-electron chi connectivity index (χ0n) is 14.1. The molecular formula is C18H18F3N3O2. The van der Waals surface area contributed by atoms with E-state index in [4.69, 9.17) is 0 Å². The van der Waals surface area contributed by atoms with Gasteiger partial charge in [0.2, 0.25) is 0 Å². The Morgan fingerprint density at radius 2 is 2.04 bits per heavy atom. The summed E-state index contributed by atoms with van der Waals surface area (Å²) in [5, 5.41) is 1.95. The molecule has 1 unspecified atom stereocenters. The van der Waals surface area contributed by atoms with Crippen LogP contribution in [-0.4, -0.2) is 21.6 Å². The maximum atomic E-state index is 13.4. The number of nitrogens with zero attached hydrogens (tertiary/aromatic N) is 2. The molecule has 3 rings (SSSR count). The molecule has 0 saturated carbocycles. The number of aryl methyl sites for hydroxylation is 1. The maximum Gasteiger partial charge on any atom is 0.412 e. The van der Waals surface area contributed by atoms with Gasteiger partial charge in [0.05, 0.1) is 0 Å². The first-order valence-electron chi connectivity index (χ1n) is 8.28. The molecular weight excluding hydrogens is 347 g/mol. The largest absolute Gasteiger partial charge is 0.412 e. The van der Waals surface area contributed by atoms with Gasteiger partial charge in [-0.25, -0.2) is 0 Å². The molecule has 0 radical (unpaired) electrons. The van der Waals surface area contributed by atoms with Crippen LogP contribution >= 0.6 is 0 Å². The molecule has 2 aromatic rings. The number of hydrogen-bond acceptors (Lipinski definition) is 3. The minimum atomic E-state index is -4.71. The van der Waals surface area contributed by atoms with E-state index in [2.05, 4.69) is 4.98 Å². The van der Waals surface area contributed by atoms with Gasteiger partial charge in [-0.05, 0) is 43.4 Å². The van der Waals surface area contributed by atoms with Crippen LogP contribution in [0, 0.1) is 0 Å². The van der Waals surface area contributed by atoms with Crippen molar-refractivity contribution in [2.24, 2.45) is 7.05 Å². The zero-order chi connectivity index (χ0) is 18.9. The number of fused-ring (bicyclic) bond motifs is 1. The molecule has 0 aromatic carbocycles. The standard InChI is InChI=1S/C18H18F3N3O2/c1-24-14-7-3-2-5-11(14)9-13(17(24)26)16(25)23-15(18(19,20)21)12-6-4-8-22-10-12/h4,6,8-10,15H,2-3,5,7H2,1H3,(H,23,25). The number of carbonyl (C=O) groups excluding carboxylic acids is 1. The van der Waals surface area contributed by atoms with Gasteiger partial charge >= 0.3 is 6.18 Å². The Hall–Kier alpha value is -2.64. The molecule has 1 atom stereocenters. The lowest BCUT2D eigenvalue weighted by atomic mass is 9.94. The van der Waals surface area contributed by atoms with E-state index in [9.17, 15) is 22.8 Å². The fourth-order valence-electron chi connectivity index (χ4n) is 3.26. The minimum Gasteiger partial charge on any atom is -0.336 e. The SMILES string of the molecule is Cn1c2c(cc(C(=O)NC(c3cccnc3)C(F)(F)F)c1=O)CCCC2. The second-order valence-corrected chi connectivity index (χ2v) is 6.34. The van der Waals surface area contributed by atoms with Gasteiger partial charge in [0.1, 0.15) is 5.56 Å². The Balaban J connectivity index is 1.96. The van der Waals surface area contributed by atoms with Gasteiger partial charge < -0.3 is 9.88 Å². The fraction of sp³-hybridized carbons (Fsp3) is 0.389. The molecule has 1 N–H and O–H groups in total. The number of nitrogens with one attached hydrogen (secondary N) is 1. The van der Waals surface area contributed by atoms with Crippen LogP contribution in [0.5, 0.6) is 0 Å². The highest BCUT2D eigenvalue weighted by Gasteiger charge is 2.42. The average molecular weight is 365 g/mol. The highest BCUT2D eigenvalue weighted by atomic mass is 19.4. The van der Waals surface area contributed by atoms with Crippen molar-refractivity contribution in [2.75, 3.05) is 0 Å². The molecule has 0 spiro atoms. The molecule has 2 aromatic heterocycles. The molecule has 0 aliphatic heterocycles. The molecule has 0 saturated heterocycles. The summed E-state index contributed by atoms with van der Waals surface area (Å²) in [6, 6.07) is 1.79. The van der Waals surface area contributed by atoms with Crippen LogP contribution in [0.25, 0.3) is 0 Å². The highest BCUT2D eigenvalue weighted by Crippen LogP contribution is 2.32. The van der Waals surface area contributed by atoms with Gasteiger partial charge in [0.25, 0.3) is 11.5 Å². The molecule has 26 heavy (non-hydrogen) atoms. The fourth-order valence-corrected chi connectivity index (χ4v) is 3.26. The molecule has 0 bridgehead atoms. The van der Waals surface area contributed by atoms with E-state index in [0.29, 0.717) is 6.42 Å². The van der Waals surface area contributed by atoms with E-state index in [1.165, 1.54) is 29.0 Å². The van der Waals surface area contributed by atoms with Crippen molar-refractivity contribution in [1.82, 2.24) is 14.9 Å². The van der Waals surface area contributed by atoms with Crippen molar-refractivity contribution < 1.29 is 18.0 Å². The smallest absolute Gasteiger partial charge is 0.336 e. The molecule has 1 aliphatic rings. The van der Waals surface area contributed by atoms with Crippen LogP contribution in [0.4, 0.5) is 13.2 Å². The van der Waals surface area contributed by atoms with E-state index in [1.54, 1.807) is 7.05 Å². The Labute approximate surface area is 147 Å². The summed E-state index contributed by atoms with van der Waals surface area (Å²) in [7, 11) is 1.55. The van der Waals surface area contributed by atoms with Gasteiger partial charge in [0, 0.05) is 30.7 Å². The topological polar surface area (TPSA) is 64.0 Å². The van der Waals surface area contributed by atoms with Crippen LogP contribution < -0.4 is 10.9 Å². The lowest BCUT2D eigenvalue weighted by Crippen LogP contribution is -2.41. The highest BCUT2D eigenvalue weighted by molar-refractivity contribution is 5.94. The van der Waals surface area contributed by atoms with Gasteiger partial charge in [-0.3, -0.25) is 14.6 Å². The molecule has 0 fully saturated rings. The van der Waals surface area contributed by atoms with Crippen molar-refractivity contribution in [3.8, 4) is 0 Å². The summed E-state index contributed by atoms with van der Waals surface area (Å²) in [5.74, 6) is -1.04. The summed E-state index contributed by atoms with van der Waals surface area (Å²) in [5.41, 5.74) is 0.635. The first-order chi connectivity index (χ1) is 12.3. The normalized spacial score (nSPS) is 15.2. The summed E-state index contributed by atoms with van der Waals surface area (Å²) in [6.07, 6.45) is 0.981. The first-order valence-corrected chi connectivity index (χ1v) is 8.28. The third-order valence-corrected chi connectivity index (χ3v) is 4.60. The van der Waals surface area contributed by atoms with Crippen molar-refractivity contribution in [3.05, 3.63) is 63.3 Å². The summed E-state index contributed by atoms with van der Waals surface area (Å²) in [6.45, 7) is 0. The number of carbonyl (C=O) groups is 1. The second kappa shape index (κ2) is 6.93. The minimum absolute atomic E-state index is 0.192. The number of rotatable bonds is 3. The Morgan fingerprint density at radius 3 is 2.69 bits per heavy atom. The molecule has 1 aliphatic carbocycles. The Bertz CT molecular complexity index is 876. The number of halogens is 3. The van der Waals surface area contributed by atoms with E-state index in [0.717, 1.165) is 36.7 Å². The van der Waals surface area contributed by atoms with E-state index < -0.39 is 23.7 Å². The average Bonchev–Trinajstić information content (AvgIpc) is 2.62. The van der Waals surface area contributed by atoms with Crippen LogP contribution in [0.3, 0.4) is 0 Å². The van der Waals surface area contributed by atoms with E-state index in [1.807, 2.05) is 5.32 Å². The van der Waals surface area contributed by atoms with Crippen LogP contribution in [0.1, 0.15) is 46.1 Å². The lowest BCUT2D eigenvalue weighted by Gasteiger charge is -2.23. The Kier molecular flexibility index (Phi) is 4.84. The Morgan fingerprint density at radius 1 is 1.31 bits per heavy atom. The first kappa shape index (κ1) is 18.2. The predicted octanol–water partition coefficient (Wildman–Crippen LogP) is 2.69. The van der Waals surface area contributed by atoms with Crippen molar-refractivity contribution in [3.63, 3.8) is 0 Å². The van der Waals surface area contributed by atoms with Gasteiger partial charge in [-0.15, -0.1) is 0 Å². The predicted molar refractivity (Wildman–Crippen MR) is 88.8 cm³/mol. The zero-order valence-corrected chi connectivity index (χ0v) is 14.1. The number of alkyl halides is 3. The maximum absolute atomic E-state index is 13.4. The lowest BCUT2D eigenvalue weighted by molar-refractivity contribution is -0.155. The summed E-state index contributed by atoms with van der Waals surface area (Å²) >= 11 is 0. The quantitative estimate of drug-likeness (QED) is 0.910. The van der Waals surface area contributed by atoms with Crippen LogP contribution in [0.2, 0.25) is 0 Å². The van der Waals surface area contributed by atoms with Crippen LogP contribution in [0.15, 0.2) is 35.4 Å². The third-order valence-electron chi connectivity index (χ3n) is 4.60. The molecule has 138 valence electrons. The summed E-state index contributed by atoms with van der Waals surface area (Å²) in [4.78, 5) is 28.6. The third kappa shape index (κ3) is 3.49. The van der Waals surface area contributed by atoms with Crippen molar-refractivity contribution in [2.45, 2.75) is 37.9 Å². The molecule has 1 amide bonds. The number of hydrogen-bond donors (Lipinski definition) is 1. The van der Waals surface area contributed by atoms with Gasteiger partial charge in [0.15, 0.2) is 6.04 Å². The second-order valence-electron chi connectivity index (χ2n) is 6.34. The van der Waals surface area contributed by atoms with Crippen molar-refractivity contribution in [1.29, 1.82) is 0 Å². The summed E-state index contributed by atoms with van der Waals surface area (Å²) < 4.78 is 41.6. The van der Waals surface area contributed by atoms with Gasteiger partial charge in [-0.1, -0.05) is 6.07 Å². The van der Waals surface area contributed by atoms with Crippen LogP contribution in [-0.2, 0) is 19.9 Å². The molecule has 5 nitrogen and oxygen atoms in total.